The topological polar surface area (TPSA) is 90.3 Å². The number of hydrogen-bond donors (Lipinski definition) is 4. The minimum Gasteiger partial charge on any atom is -0.387 e. The van der Waals surface area contributed by atoms with E-state index in [0.717, 1.165) is 97.8 Å². The summed E-state index contributed by atoms with van der Waals surface area (Å²) in [6.07, 6.45) is -4.09. The van der Waals surface area contributed by atoms with Gasteiger partial charge in [0.05, 0.1) is 45.8 Å². The van der Waals surface area contributed by atoms with Crippen LogP contribution in [0.3, 0.4) is 0 Å². The van der Waals surface area contributed by atoms with Crippen molar-refractivity contribution in [3.63, 3.8) is 0 Å². The number of halogens is 6. The van der Waals surface area contributed by atoms with Crippen LogP contribution in [-0.4, -0.2) is 45.4 Å². The predicted molar refractivity (Wildman–Crippen MR) is 206 cm³/mol. The van der Waals surface area contributed by atoms with Crippen LogP contribution < -0.4 is 10.6 Å². The Morgan fingerprint density at radius 3 is 1.23 bits per heavy atom. The predicted octanol–water partition coefficient (Wildman–Crippen LogP) is 10.2. The van der Waals surface area contributed by atoms with Crippen LogP contribution in [0.4, 0.5) is 26.3 Å². The third-order valence-electron chi connectivity index (χ3n) is 10.6. The fraction of sp³-hybridized carbons (Fsp3) is 0.318. The molecule has 56 heavy (non-hydrogen) atoms. The number of hydrogen-bond acceptors (Lipinski definition) is 6. The van der Waals surface area contributed by atoms with Crippen molar-refractivity contribution in [3.05, 3.63) is 131 Å². The number of rotatable bonds is 6. The third-order valence-corrected chi connectivity index (χ3v) is 10.6. The number of aliphatic hydroxyl groups excluding tert-OH is 2. The number of alkyl halides is 6. The standard InChI is InChI=1S/2C22H21F3N2O/c2*23-22(24,25)15-10-8-14(9-11-15)20-13-17(16-5-1-2-6-18(16)27-20)21(28)19-7-3-4-12-26-19/h2*1-2,5-6,8-11,13,19,21,26,28H,3-4,7,12H2/t2*19-,21+/m10/s1. The third kappa shape index (κ3) is 8.89. The van der Waals surface area contributed by atoms with Crippen molar-refractivity contribution in [2.45, 2.75) is 75.2 Å². The summed E-state index contributed by atoms with van der Waals surface area (Å²) >= 11 is 0. The first-order chi connectivity index (χ1) is 26.9. The highest BCUT2D eigenvalue weighted by Crippen LogP contribution is 2.36. The molecule has 0 radical (unpaired) electrons. The molecule has 2 saturated heterocycles. The number of benzene rings is 4. The number of nitrogens with one attached hydrogen (secondary N) is 2. The molecule has 2 aliphatic heterocycles. The molecule has 4 N–H and O–H groups in total. The largest absolute Gasteiger partial charge is 0.416 e. The summed E-state index contributed by atoms with van der Waals surface area (Å²) in [7, 11) is 0. The number of fused-ring (bicyclic) bond motifs is 2. The zero-order valence-electron chi connectivity index (χ0n) is 30.4. The first kappa shape index (κ1) is 39.4. The molecule has 4 atom stereocenters. The van der Waals surface area contributed by atoms with Crippen LogP contribution in [-0.2, 0) is 12.4 Å². The van der Waals surface area contributed by atoms with Crippen LogP contribution in [0.25, 0.3) is 44.3 Å². The molecule has 0 aliphatic carbocycles. The van der Waals surface area contributed by atoms with E-state index in [4.69, 9.17) is 0 Å². The highest BCUT2D eigenvalue weighted by atomic mass is 19.4. The molecule has 4 aromatic carbocycles. The Bertz CT molecular complexity index is 2090. The van der Waals surface area contributed by atoms with Gasteiger partial charge in [0.15, 0.2) is 0 Å². The van der Waals surface area contributed by atoms with Crippen molar-refractivity contribution in [1.82, 2.24) is 20.6 Å². The summed E-state index contributed by atoms with van der Waals surface area (Å²) in [5.74, 6) is 0. The van der Waals surface area contributed by atoms with Crippen molar-refractivity contribution in [3.8, 4) is 22.5 Å². The summed E-state index contributed by atoms with van der Waals surface area (Å²) < 4.78 is 77.1. The number of aliphatic hydroxyl groups is 2. The van der Waals surface area contributed by atoms with Gasteiger partial charge in [0.25, 0.3) is 0 Å². The molecule has 2 aromatic heterocycles. The first-order valence-electron chi connectivity index (χ1n) is 18.8. The van der Waals surface area contributed by atoms with E-state index < -0.39 is 35.7 Å². The molecule has 0 spiro atoms. The Morgan fingerprint density at radius 2 is 0.893 bits per heavy atom. The molecule has 6 aromatic rings. The van der Waals surface area contributed by atoms with Gasteiger partial charge in [0, 0.05) is 34.0 Å². The highest BCUT2D eigenvalue weighted by Gasteiger charge is 2.32. The molecule has 6 nitrogen and oxygen atoms in total. The lowest BCUT2D eigenvalue weighted by Gasteiger charge is -2.29. The van der Waals surface area contributed by atoms with Crippen molar-refractivity contribution < 1.29 is 36.6 Å². The lowest BCUT2D eigenvalue weighted by Crippen LogP contribution is -2.38. The van der Waals surface area contributed by atoms with E-state index >= 15 is 0 Å². The molecular formula is C44H42F6N4O2. The summed E-state index contributed by atoms with van der Waals surface area (Å²) in [5, 5.41) is 30.5. The summed E-state index contributed by atoms with van der Waals surface area (Å²) in [6.45, 7) is 1.74. The lowest BCUT2D eigenvalue weighted by molar-refractivity contribution is -0.138. The van der Waals surface area contributed by atoms with Crippen LogP contribution in [0.5, 0.6) is 0 Å². The fourth-order valence-electron chi connectivity index (χ4n) is 7.58. The number of aromatic nitrogens is 2. The maximum absolute atomic E-state index is 12.9. The van der Waals surface area contributed by atoms with Crippen LogP contribution in [0.2, 0.25) is 0 Å². The van der Waals surface area contributed by atoms with Crippen molar-refractivity contribution in [1.29, 1.82) is 0 Å². The second-order valence-electron chi connectivity index (χ2n) is 14.4. The van der Waals surface area contributed by atoms with Crippen LogP contribution in [0.1, 0.15) is 73.0 Å². The normalized spacial score (nSPS) is 18.9. The van der Waals surface area contributed by atoms with E-state index in [1.807, 2.05) is 48.5 Å². The first-order valence-corrected chi connectivity index (χ1v) is 18.8. The number of para-hydroxylation sites is 2. The van der Waals surface area contributed by atoms with Crippen molar-refractivity contribution >= 4 is 21.8 Å². The molecule has 2 fully saturated rings. The second kappa shape index (κ2) is 16.7. The van der Waals surface area contributed by atoms with Gasteiger partial charge in [0.2, 0.25) is 0 Å². The van der Waals surface area contributed by atoms with Gasteiger partial charge in [-0.05, 0) is 98.4 Å². The average Bonchev–Trinajstić information content (AvgIpc) is 3.22. The van der Waals surface area contributed by atoms with Crippen LogP contribution >= 0.6 is 0 Å². The Kier molecular flexibility index (Phi) is 11.7. The molecule has 2 aliphatic rings. The Labute approximate surface area is 320 Å². The van der Waals surface area contributed by atoms with E-state index in [1.54, 1.807) is 12.1 Å². The SMILES string of the molecule is O[C@@H](c1cc(-c2ccc(C(F)(F)F)cc2)nc2ccccc12)[C@H]1CCCCN1.O[C@H](c1cc(-c2ccc(C(F)(F)F)cc2)nc2ccccc12)[C@@H]1CCCCN1. The van der Waals surface area contributed by atoms with Gasteiger partial charge in [-0.15, -0.1) is 0 Å². The van der Waals surface area contributed by atoms with E-state index in [0.29, 0.717) is 33.5 Å². The zero-order valence-corrected chi connectivity index (χ0v) is 30.4. The van der Waals surface area contributed by atoms with Gasteiger partial charge < -0.3 is 20.8 Å². The van der Waals surface area contributed by atoms with Gasteiger partial charge in [-0.2, -0.15) is 26.3 Å². The van der Waals surface area contributed by atoms with Crippen molar-refractivity contribution in [2.24, 2.45) is 0 Å². The molecule has 0 saturated carbocycles. The molecule has 4 heterocycles. The fourth-order valence-corrected chi connectivity index (χ4v) is 7.58. The summed E-state index contributed by atoms with van der Waals surface area (Å²) in [4.78, 5) is 9.23. The molecule has 292 valence electrons. The maximum atomic E-state index is 12.9. The minimum atomic E-state index is -4.37. The summed E-state index contributed by atoms with van der Waals surface area (Å²) in [5.41, 5.74) is 3.82. The van der Waals surface area contributed by atoms with Crippen LogP contribution in [0.15, 0.2) is 109 Å². The zero-order chi connectivity index (χ0) is 39.5. The maximum Gasteiger partial charge on any atom is 0.416 e. The quantitative estimate of drug-likeness (QED) is 0.126. The monoisotopic (exact) mass is 772 g/mol. The van der Waals surface area contributed by atoms with Gasteiger partial charge >= 0.3 is 12.4 Å². The Balaban J connectivity index is 0.000000172. The van der Waals surface area contributed by atoms with Gasteiger partial charge in [-0.3, -0.25) is 0 Å². The van der Waals surface area contributed by atoms with Gasteiger partial charge in [-0.1, -0.05) is 73.5 Å². The van der Waals surface area contributed by atoms with Gasteiger partial charge in [-0.25, -0.2) is 9.97 Å². The average molecular weight is 773 g/mol. The highest BCUT2D eigenvalue weighted by molar-refractivity contribution is 5.86. The van der Waals surface area contributed by atoms with Gasteiger partial charge in [0.1, 0.15) is 0 Å². The van der Waals surface area contributed by atoms with E-state index in [2.05, 4.69) is 20.6 Å². The lowest BCUT2D eigenvalue weighted by atomic mass is 9.92. The second-order valence-corrected chi connectivity index (χ2v) is 14.4. The van der Waals surface area contributed by atoms with E-state index in [1.165, 1.54) is 24.3 Å². The Morgan fingerprint density at radius 1 is 0.518 bits per heavy atom. The molecule has 8 rings (SSSR count). The molecule has 0 unspecified atom stereocenters. The minimum absolute atomic E-state index is 0.0417. The molecule has 0 amide bonds. The van der Waals surface area contributed by atoms with E-state index in [9.17, 15) is 36.6 Å². The number of piperidine rings is 2. The van der Waals surface area contributed by atoms with Crippen LogP contribution in [0, 0.1) is 0 Å². The summed E-state index contributed by atoms with van der Waals surface area (Å²) in [6, 6.07) is 28.5. The number of pyridine rings is 2. The Hall–Kier alpha value is -4.88. The smallest absolute Gasteiger partial charge is 0.387 e. The molecule has 12 heteroatoms. The van der Waals surface area contributed by atoms with Crippen molar-refractivity contribution in [2.75, 3.05) is 13.1 Å². The van der Waals surface area contributed by atoms with E-state index in [-0.39, 0.29) is 12.1 Å². The number of nitrogens with zero attached hydrogens (tertiary/aromatic N) is 2. The molecule has 0 bridgehead atoms. The molecular weight excluding hydrogens is 730 g/mol.